The Morgan fingerprint density at radius 3 is 2.22 bits per heavy atom. The van der Waals surface area contributed by atoms with Crippen molar-refractivity contribution in [2.45, 2.75) is 32.7 Å². The Morgan fingerprint density at radius 1 is 1.11 bits per heavy atom. The van der Waals surface area contributed by atoms with Crippen molar-refractivity contribution in [2.24, 2.45) is 0 Å². The van der Waals surface area contributed by atoms with Crippen LogP contribution in [0.15, 0.2) is 30.6 Å². The maximum Gasteiger partial charge on any atom is 0.126 e. The molecule has 2 aromatic rings. The molecule has 1 aromatic carbocycles. The van der Waals surface area contributed by atoms with Gasteiger partial charge in [-0.15, -0.1) is 0 Å². The lowest BCUT2D eigenvalue weighted by Crippen LogP contribution is -2.09. The van der Waals surface area contributed by atoms with E-state index in [4.69, 9.17) is 0 Å². The Labute approximate surface area is 105 Å². The highest BCUT2D eigenvalue weighted by atomic mass is 19.1. The average Bonchev–Trinajstić information content (AvgIpc) is 2.63. The molecule has 0 radical (unpaired) electrons. The van der Waals surface area contributed by atoms with Crippen LogP contribution in [0.3, 0.4) is 0 Å². The summed E-state index contributed by atoms with van der Waals surface area (Å²) in [5, 5.41) is 4.21. The van der Waals surface area contributed by atoms with Gasteiger partial charge in [-0.3, -0.25) is 4.68 Å². The van der Waals surface area contributed by atoms with E-state index in [2.05, 4.69) is 25.9 Å². The lowest BCUT2D eigenvalue weighted by Gasteiger charge is -2.15. The number of nitrogens with zero attached hydrogens (tertiary/aromatic N) is 2. The van der Waals surface area contributed by atoms with Crippen molar-refractivity contribution in [3.8, 4) is 0 Å². The van der Waals surface area contributed by atoms with Gasteiger partial charge in [-0.05, 0) is 28.7 Å². The Hall–Kier alpha value is -1.71. The second-order valence-electron chi connectivity index (χ2n) is 5.45. The first-order chi connectivity index (χ1) is 8.34. The van der Waals surface area contributed by atoms with E-state index in [-0.39, 0.29) is 5.41 Å². The minimum Gasteiger partial charge on any atom is -0.268 e. The SMILES string of the molecule is CC(C)(C)c1cnn(Cc2cc(F)cc(F)c2)c1. The van der Waals surface area contributed by atoms with E-state index >= 15 is 0 Å². The van der Waals surface area contributed by atoms with Crippen LogP contribution in [0.25, 0.3) is 0 Å². The Kier molecular flexibility index (Phi) is 3.20. The van der Waals surface area contributed by atoms with Crippen LogP contribution >= 0.6 is 0 Å². The molecule has 2 nitrogen and oxygen atoms in total. The molecule has 0 aliphatic rings. The average molecular weight is 250 g/mol. The molecule has 2 rings (SSSR count). The maximum absolute atomic E-state index is 13.1. The standard InChI is InChI=1S/C14H16F2N2/c1-14(2,3)11-7-17-18(9-11)8-10-4-12(15)6-13(16)5-10/h4-7,9H,8H2,1-3H3. The molecule has 96 valence electrons. The number of rotatable bonds is 2. The topological polar surface area (TPSA) is 17.8 Å². The minimum atomic E-state index is -0.562. The van der Waals surface area contributed by atoms with Gasteiger partial charge in [-0.1, -0.05) is 20.8 Å². The molecule has 0 spiro atoms. The van der Waals surface area contributed by atoms with Crippen LogP contribution < -0.4 is 0 Å². The van der Waals surface area contributed by atoms with Crippen LogP contribution in [0.1, 0.15) is 31.9 Å². The normalized spacial score (nSPS) is 11.8. The van der Waals surface area contributed by atoms with E-state index in [0.29, 0.717) is 12.1 Å². The van der Waals surface area contributed by atoms with Gasteiger partial charge in [0.2, 0.25) is 0 Å². The highest BCUT2D eigenvalue weighted by Gasteiger charge is 2.15. The largest absolute Gasteiger partial charge is 0.268 e. The molecule has 0 N–H and O–H groups in total. The Morgan fingerprint density at radius 2 is 1.72 bits per heavy atom. The van der Waals surface area contributed by atoms with E-state index in [1.54, 1.807) is 10.9 Å². The number of aromatic nitrogens is 2. The van der Waals surface area contributed by atoms with Gasteiger partial charge in [0.15, 0.2) is 0 Å². The smallest absolute Gasteiger partial charge is 0.126 e. The summed E-state index contributed by atoms with van der Waals surface area (Å²) in [5.41, 5.74) is 1.68. The highest BCUT2D eigenvalue weighted by molar-refractivity contribution is 5.20. The van der Waals surface area contributed by atoms with Crippen molar-refractivity contribution in [3.05, 3.63) is 53.4 Å². The lowest BCUT2D eigenvalue weighted by atomic mass is 9.90. The molecule has 0 amide bonds. The molecule has 0 bridgehead atoms. The first-order valence-corrected chi connectivity index (χ1v) is 5.82. The summed E-state index contributed by atoms with van der Waals surface area (Å²) in [6.07, 6.45) is 3.69. The second-order valence-corrected chi connectivity index (χ2v) is 5.45. The van der Waals surface area contributed by atoms with Crippen LogP contribution in [0.4, 0.5) is 8.78 Å². The fourth-order valence-corrected chi connectivity index (χ4v) is 1.73. The monoisotopic (exact) mass is 250 g/mol. The predicted octanol–water partition coefficient (Wildman–Crippen LogP) is 3.51. The molecule has 0 aliphatic heterocycles. The van der Waals surface area contributed by atoms with Crippen molar-refractivity contribution in [3.63, 3.8) is 0 Å². The van der Waals surface area contributed by atoms with Crippen LogP contribution in [-0.4, -0.2) is 9.78 Å². The third-order valence-corrected chi connectivity index (χ3v) is 2.77. The molecular formula is C14H16F2N2. The molecule has 18 heavy (non-hydrogen) atoms. The van der Waals surface area contributed by atoms with E-state index in [0.717, 1.165) is 11.6 Å². The zero-order chi connectivity index (χ0) is 13.3. The Bertz CT molecular complexity index is 533. The molecular weight excluding hydrogens is 234 g/mol. The molecule has 0 atom stereocenters. The van der Waals surface area contributed by atoms with Gasteiger partial charge < -0.3 is 0 Å². The summed E-state index contributed by atoms with van der Waals surface area (Å²) in [5.74, 6) is -1.12. The summed E-state index contributed by atoms with van der Waals surface area (Å²) in [4.78, 5) is 0. The molecule has 1 aromatic heterocycles. The summed E-state index contributed by atoms with van der Waals surface area (Å²) in [6, 6.07) is 3.51. The van der Waals surface area contributed by atoms with Crippen LogP contribution in [-0.2, 0) is 12.0 Å². The van der Waals surface area contributed by atoms with E-state index in [9.17, 15) is 8.78 Å². The van der Waals surface area contributed by atoms with Gasteiger partial charge in [0, 0.05) is 12.3 Å². The fourth-order valence-electron chi connectivity index (χ4n) is 1.73. The third-order valence-electron chi connectivity index (χ3n) is 2.77. The van der Waals surface area contributed by atoms with Crippen molar-refractivity contribution < 1.29 is 8.78 Å². The van der Waals surface area contributed by atoms with E-state index in [1.807, 2.05) is 6.20 Å². The fraction of sp³-hybridized carbons (Fsp3) is 0.357. The molecule has 0 unspecified atom stereocenters. The summed E-state index contributed by atoms with van der Waals surface area (Å²) in [7, 11) is 0. The number of benzene rings is 1. The van der Waals surface area contributed by atoms with Crippen LogP contribution in [0.5, 0.6) is 0 Å². The lowest BCUT2D eigenvalue weighted by molar-refractivity contribution is 0.572. The first-order valence-electron chi connectivity index (χ1n) is 5.82. The van der Waals surface area contributed by atoms with E-state index in [1.165, 1.54) is 12.1 Å². The molecule has 4 heteroatoms. The minimum absolute atomic E-state index is 0.0193. The van der Waals surface area contributed by atoms with Gasteiger partial charge in [-0.2, -0.15) is 5.10 Å². The molecule has 0 saturated carbocycles. The van der Waals surface area contributed by atoms with Gasteiger partial charge in [-0.25, -0.2) is 8.78 Å². The number of halogens is 2. The summed E-state index contributed by atoms with van der Waals surface area (Å²) >= 11 is 0. The first kappa shape index (κ1) is 12.7. The Balaban J connectivity index is 2.21. The molecule has 0 aliphatic carbocycles. The predicted molar refractivity (Wildman–Crippen MR) is 66.4 cm³/mol. The quantitative estimate of drug-likeness (QED) is 0.797. The number of hydrogen-bond acceptors (Lipinski definition) is 1. The zero-order valence-electron chi connectivity index (χ0n) is 10.7. The van der Waals surface area contributed by atoms with Gasteiger partial charge in [0.05, 0.1) is 12.7 Å². The molecule has 0 saturated heterocycles. The third kappa shape index (κ3) is 2.94. The van der Waals surface area contributed by atoms with Gasteiger partial charge in [0.1, 0.15) is 11.6 Å². The number of hydrogen-bond donors (Lipinski definition) is 0. The van der Waals surface area contributed by atoms with Crippen LogP contribution in [0.2, 0.25) is 0 Å². The van der Waals surface area contributed by atoms with Crippen molar-refractivity contribution in [1.29, 1.82) is 0 Å². The van der Waals surface area contributed by atoms with Gasteiger partial charge in [0.25, 0.3) is 0 Å². The second kappa shape index (κ2) is 4.52. The highest BCUT2D eigenvalue weighted by Crippen LogP contribution is 2.21. The van der Waals surface area contributed by atoms with Crippen molar-refractivity contribution >= 4 is 0 Å². The van der Waals surface area contributed by atoms with E-state index < -0.39 is 11.6 Å². The zero-order valence-corrected chi connectivity index (χ0v) is 10.7. The summed E-state index contributed by atoms with van der Waals surface area (Å²) < 4.78 is 27.8. The van der Waals surface area contributed by atoms with Crippen molar-refractivity contribution in [1.82, 2.24) is 9.78 Å². The summed E-state index contributed by atoms with van der Waals surface area (Å²) in [6.45, 7) is 6.65. The molecule has 0 fully saturated rings. The van der Waals surface area contributed by atoms with Crippen molar-refractivity contribution in [2.75, 3.05) is 0 Å². The van der Waals surface area contributed by atoms with Crippen LogP contribution in [0, 0.1) is 11.6 Å². The maximum atomic E-state index is 13.1. The van der Waals surface area contributed by atoms with Gasteiger partial charge >= 0.3 is 0 Å². The molecule has 1 heterocycles.